The molecule has 26 heavy (non-hydrogen) atoms. The predicted molar refractivity (Wildman–Crippen MR) is 95.2 cm³/mol. The third-order valence-electron chi connectivity index (χ3n) is 3.66. The van der Waals surface area contributed by atoms with Crippen molar-refractivity contribution in [3.05, 3.63) is 59.7 Å². The fourth-order valence-corrected chi connectivity index (χ4v) is 2.37. The zero-order chi connectivity index (χ0) is 18.4. The molecule has 2 aromatic carbocycles. The molecule has 1 heterocycles. The molecule has 0 spiro atoms. The van der Waals surface area contributed by atoms with Gasteiger partial charge in [0.15, 0.2) is 6.61 Å². The molecule has 1 N–H and O–H groups in total. The second kappa shape index (κ2) is 7.94. The molecule has 0 fully saturated rings. The molecule has 1 aromatic heterocycles. The Labute approximate surface area is 150 Å². The average Bonchev–Trinajstić information content (AvgIpc) is 3.08. The fraction of sp³-hybridized carbons (Fsp3) is 0.158. The van der Waals surface area contributed by atoms with Crippen molar-refractivity contribution in [2.45, 2.75) is 6.54 Å². The smallest absolute Gasteiger partial charge is 0.338 e. The third kappa shape index (κ3) is 4.05. The van der Waals surface area contributed by atoms with Gasteiger partial charge in [-0.3, -0.25) is 4.79 Å². The molecule has 0 atom stereocenters. The van der Waals surface area contributed by atoms with Crippen molar-refractivity contribution >= 4 is 22.9 Å². The van der Waals surface area contributed by atoms with E-state index in [0.29, 0.717) is 12.1 Å². The van der Waals surface area contributed by atoms with Gasteiger partial charge in [-0.05, 0) is 29.8 Å². The number of esters is 1. The highest BCUT2D eigenvalue weighted by molar-refractivity contribution is 5.91. The Morgan fingerprint density at radius 2 is 1.92 bits per heavy atom. The van der Waals surface area contributed by atoms with Crippen LogP contribution < -0.4 is 5.32 Å². The van der Waals surface area contributed by atoms with Crippen molar-refractivity contribution in [3.63, 3.8) is 0 Å². The lowest BCUT2D eigenvalue weighted by Gasteiger charge is -2.06. The number of hydrogen-bond donors (Lipinski definition) is 1. The maximum absolute atomic E-state index is 12.0. The Balaban J connectivity index is 1.60. The molecular formula is C19H16N4O3. The molecule has 1 amide bonds. The van der Waals surface area contributed by atoms with Crippen LogP contribution in [0.15, 0.2) is 48.5 Å². The highest BCUT2D eigenvalue weighted by atomic mass is 16.5. The summed E-state index contributed by atoms with van der Waals surface area (Å²) in [6.07, 6.45) is 5.03. The lowest BCUT2D eigenvalue weighted by atomic mass is 10.1. The van der Waals surface area contributed by atoms with E-state index >= 15 is 0 Å². The molecule has 130 valence electrons. The second-order valence-corrected chi connectivity index (χ2v) is 5.49. The number of carbonyl (C=O) groups is 2. The summed E-state index contributed by atoms with van der Waals surface area (Å²) in [5.74, 6) is 1.26. The zero-order valence-electron chi connectivity index (χ0n) is 13.9. The molecule has 0 unspecified atom stereocenters. The number of hydrogen-bond acceptors (Lipinski definition) is 5. The number of amides is 1. The summed E-state index contributed by atoms with van der Waals surface area (Å²) in [5.41, 5.74) is 3.09. The molecular weight excluding hydrogens is 332 g/mol. The standard InChI is InChI=1S/C19H16N4O3/c1-2-11-20-18(24)13-26-19(25)15-9-7-14(8-10-15)12-23-17-6-4-3-5-16(17)21-22-23/h1,3-10H,11-13H2,(H,20,24). The van der Waals surface area contributed by atoms with Crippen molar-refractivity contribution < 1.29 is 14.3 Å². The number of rotatable bonds is 6. The average molecular weight is 348 g/mol. The minimum atomic E-state index is -0.571. The summed E-state index contributed by atoms with van der Waals surface area (Å²) in [7, 11) is 0. The van der Waals surface area contributed by atoms with E-state index in [1.54, 1.807) is 16.8 Å². The van der Waals surface area contributed by atoms with Crippen molar-refractivity contribution in [2.24, 2.45) is 0 Å². The third-order valence-corrected chi connectivity index (χ3v) is 3.66. The first-order chi connectivity index (χ1) is 12.7. The molecule has 0 aliphatic heterocycles. The van der Waals surface area contributed by atoms with Crippen molar-refractivity contribution in [3.8, 4) is 12.3 Å². The summed E-state index contributed by atoms with van der Waals surface area (Å²) in [4.78, 5) is 23.3. The first-order valence-electron chi connectivity index (χ1n) is 7.92. The van der Waals surface area contributed by atoms with Gasteiger partial charge in [-0.25, -0.2) is 9.48 Å². The number of fused-ring (bicyclic) bond motifs is 1. The van der Waals surface area contributed by atoms with Crippen molar-refractivity contribution in [1.29, 1.82) is 0 Å². The highest BCUT2D eigenvalue weighted by Crippen LogP contribution is 2.13. The van der Waals surface area contributed by atoms with Crippen molar-refractivity contribution in [1.82, 2.24) is 20.3 Å². The van der Waals surface area contributed by atoms with Crippen molar-refractivity contribution in [2.75, 3.05) is 13.2 Å². The first-order valence-corrected chi connectivity index (χ1v) is 7.92. The summed E-state index contributed by atoms with van der Waals surface area (Å²) in [6, 6.07) is 14.6. The van der Waals surface area contributed by atoms with Crippen LogP contribution in [0.4, 0.5) is 0 Å². The molecule has 0 bridgehead atoms. The van der Waals surface area contributed by atoms with E-state index < -0.39 is 11.9 Å². The lowest BCUT2D eigenvalue weighted by Crippen LogP contribution is -2.28. The molecule has 3 aromatic rings. The summed E-state index contributed by atoms with van der Waals surface area (Å²) >= 11 is 0. The number of nitrogens with one attached hydrogen (secondary N) is 1. The SMILES string of the molecule is C#CCNC(=O)COC(=O)c1ccc(Cn2nnc3ccccc32)cc1. The second-order valence-electron chi connectivity index (χ2n) is 5.49. The molecule has 0 aliphatic carbocycles. The van der Waals surface area contributed by atoms with E-state index in [1.807, 2.05) is 36.4 Å². The van der Waals surface area contributed by atoms with Gasteiger partial charge in [0.1, 0.15) is 5.52 Å². The maximum Gasteiger partial charge on any atom is 0.338 e. The lowest BCUT2D eigenvalue weighted by molar-refractivity contribution is -0.123. The molecule has 0 aliphatic rings. The van der Waals surface area contributed by atoms with Crippen LogP contribution in [0, 0.1) is 12.3 Å². The van der Waals surface area contributed by atoms with E-state index in [4.69, 9.17) is 11.2 Å². The predicted octanol–water partition coefficient (Wildman–Crippen LogP) is 1.39. The van der Waals surface area contributed by atoms with Gasteiger partial charge in [0.05, 0.1) is 24.2 Å². The number of terminal acetylenes is 1. The van der Waals surface area contributed by atoms with Crippen LogP contribution in [0.3, 0.4) is 0 Å². The van der Waals surface area contributed by atoms with Gasteiger partial charge in [0.2, 0.25) is 0 Å². The van der Waals surface area contributed by atoms with Gasteiger partial charge in [-0.2, -0.15) is 0 Å². The van der Waals surface area contributed by atoms with Crippen LogP contribution >= 0.6 is 0 Å². The van der Waals surface area contributed by atoms with Crippen LogP contribution in [0.5, 0.6) is 0 Å². The van der Waals surface area contributed by atoms with Gasteiger partial charge < -0.3 is 10.1 Å². The van der Waals surface area contributed by atoms with E-state index in [2.05, 4.69) is 21.5 Å². The van der Waals surface area contributed by atoms with Crippen LogP contribution in [-0.4, -0.2) is 40.0 Å². The van der Waals surface area contributed by atoms with E-state index in [1.165, 1.54) is 0 Å². The Morgan fingerprint density at radius 1 is 1.15 bits per heavy atom. The van der Waals surface area contributed by atoms with Crippen LogP contribution in [0.2, 0.25) is 0 Å². The van der Waals surface area contributed by atoms with E-state index in [-0.39, 0.29) is 13.2 Å². The summed E-state index contributed by atoms with van der Waals surface area (Å²) in [5, 5.41) is 10.7. The zero-order valence-corrected chi connectivity index (χ0v) is 13.9. The largest absolute Gasteiger partial charge is 0.452 e. The summed E-state index contributed by atoms with van der Waals surface area (Å²) < 4.78 is 6.73. The Bertz CT molecular complexity index is 970. The summed E-state index contributed by atoms with van der Waals surface area (Å²) in [6.45, 7) is 0.263. The van der Waals surface area contributed by atoms with Gasteiger partial charge >= 0.3 is 5.97 Å². The molecule has 0 saturated heterocycles. The van der Waals surface area contributed by atoms with E-state index in [9.17, 15) is 9.59 Å². The monoisotopic (exact) mass is 348 g/mol. The molecule has 0 radical (unpaired) electrons. The minimum absolute atomic E-state index is 0.0993. The van der Waals surface area contributed by atoms with Gasteiger partial charge in [-0.15, -0.1) is 11.5 Å². The number of nitrogens with zero attached hydrogens (tertiary/aromatic N) is 3. The Hall–Kier alpha value is -3.66. The number of ether oxygens (including phenoxy) is 1. The maximum atomic E-state index is 12.0. The Morgan fingerprint density at radius 3 is 2.69 bits per heavy atom. The van der Waals surface area contributed by atoms with Gasteiger partial charge in [-0.1, -0.05) is 35.4 Å². The molecule has 7 heteroatoms. The molecule has 0 saturated carbocycles. The van der Waals surface area contributed by atoms with Crippen LogP contribution in [-0.2, 0) is 16.1 Å². The minimum Gasteiger partial charge on any atom is -0.452 e. The molecule has 3 rings (SSSR count). The first kappa shape index (κ1) is 17.2. The quantitative estimate of drug-likeness (QED) is 0.537. The number of aromatic nitrogens is 3. The fourth-order valence-electron chi connectivity index (χ4n) is 2.37. The number of benzene rings is 2. The van der Waals surface area contributed by atoms with E-state index in [0.717, 1.165) is 16.6 Å². The van der Waals surface area contributed by atoms with Gasteiger partial charge in [0, 0.05) is 0 Å². The highest BCUT2D eigenvalue weighted by Gasteiger charge is 2.10. The Kier molecular flexibility index (Phi) is 5.25. The topological polar surface area (TPSA) is 86.1 Å². The van der Waals surface area contributed by atoms with Gasteiger partial charge in [0.25, 0.3) is 5.91 Å². The van der Waals surface area contributed by atoms with Crippen LogP contribution in [0.25, 0.3) is 11.0 Å². The van der Waals surface area contributed by atoms with Crippen LogP contribution in [0.1, 0.15) is 15.9 Å². The normalized spacial score (nSPS) is 10.3. The number of carbonyl (C=O) groups excluding carboxylic acids is 2. The molecule has 7 nitrogen and oxygen atoms in total. The number of para-hydroxylation sites is 1.